The van der Waals surface area contributed by atoms with Crippen LogP contribution in [0, 0.1) is 0 Å². The zero-order valence-corrected chi connectivity index (χ0v) is 15.1. The second-order valence-corrected chi connectivity index (χ2v) is 6.09. The molecule has 4 rings (SSSR count). The van der Waals surface area contributed by atoms with Gasteiger partial charge in [-0.3, -0.25) is 10.2 Å². The van der Waals surface area contributed by atoms with E-state index in [9.17, 15) is 4.79 Å². The predicted octanol–water partition coefficient (Wildman–Crippen LogP) is 3.88. The zero-order valence-electron chi connectivity index (χ0n) is 15.1. The van der Waals surface area contributed by atoms with Crippen LogP contribution in [0.5, 0.6) is 0 Å². The fourth-order valence-electron chi connectivity index (χ4n) is 3.10. The fraction of sp³-hybridized carbons (Fsp3) is 0.211. The first-order valence-corrected chi connectivity index (χ1v) is 8.76. The summed E-state index contributed by atoms with van der Waals surface area (Å²) in [7, 11) is 0. The van der Waals surface area contributed by atoms with Crippen LogP contribution in [-0.2, 0) is 4.74 Å². The summed E-state index contributed by atoms with van der Waals surface area (Å²) < 4.78 is 4.80. The summed E-state index contributed by atoms with van der Waals surface area (Å²) in [6, 6.07) is 13.7. The van der Waals surface area contributed by atoms with Gasteiger partial charge in [0.05, 0.1) is 41.0 Å². The Bertz CT molecular complexity index is 979. The molecule has 8 heteroatoms. The molecule has 3 N–H and O–H groups in total. The first-order valence-electron chi connectivity index (χ1n) is 8.76. The van der Waals surface area contributed by atoms with E-state index in [-0.39, 0.29) is 6.17 Å². The van der Waals surface area contributed by atoms with E-state index in [4.69, 9.17) is 9.72 Å². The number of aliphatic imine (C=N–C) groups is 1. The Morgan fingerprint density at radius 2 is 2.22 bits per heavy atom. The van der Waals surface area contributed by atoms with Crippen LogP contribution < -0.4 is 15.5 Å². The first kappa shape index (κ1) is 16.9. The van der Waals surface area contributed by atoms with E-state index in [1.54, 1.807) is 6.92 Å². The molecule has 1 aromatic heterocycles. The lowest BCUT2D eigenvalue weighted by atomic mass is 10.2. The van der Waals surface area contributed by atoms with Gasteiger partial charge in [0.25, 0.3) is 0 Å². The molecule has 1 aliphatic rings. The van der Waals surface area contributed by atoms with Crippen molar-refractivity contribution < 1.29 is 9.53 Å². The minimum Gasteiger partial charge on any atom is -0.450 e. The number of benzene rings is 2. The summed E-state index contributed by atoms with van der Waals surface area (Å²) >= 11 is 0. The van der Waals surface area contributed by atoms with Gasteiger partial charge < -0.3 is 15.0 Å². The summed E-state index contributed by atoms with van der Waals surface area (Å²) in [5.74, 6) is 0.765. The molecule has 0 bridgehead atoms. The number of ether oxygens (including phenoxy) is 1. The van der Waals surface area contributed by atoms with Crippen LogP contribution in [0.15, 0.2) is 47.5 Å². The summed E-state index contributed by atoms with van der Waals surface area (Å²) in [5.41, 5.74) is 4.58. The van der Waals surface area contributed by atoms with E-state index in [2.05, 4.69) is 32.4 Å². The summed E-state index contributed by atoms with van der Waals surface area (Å²) in [4.78, 5) is 25.8. The molecule has 2 aromatic carbocycles. The average Bonchev–Trinajstić information content (AvgIpc) is 3.21. The number of para-hydroxylation sites is 2. The first-order chi connectivity index (χ1) is 13.2. The maximum atomic E-state index is 11.3. The number of aromatic amines is 1. The molecule has 0 fully saturated rings. The van der Waals surface area contributed by atoms with Crippen LogP contribution in [0.25, 0.3) is 11.0 Å². The highest BCUT2D eigenvalue weighted by Crippen LogP contribution is 2.41. The zero-order chi connectivity index (χ0) is 18.8. The number of aromatic nitrogens is 2. The quantitative estimate of drug-likeness (QED) is 0.482. The number of H-pyrrole nitrogens is 1. The summed E-state index contributed by atoms with van der Waals surface area (Å²) in [5, 5.41) is 5.90. The van der Waals surface area contributed by atoms with Gasteiger partial charge >= 0.3 is 6.09 Å². The van der Waals surface area contributed by atoms with Gasteiger partial charge in [-0.15, -0.1) is 0 Å². The molecule has 0 saturated heterocycles. The normalized spacial score (nSPS) is 15.8. The smallest absolute Gasteiger partial charge is 0.412 e. The predicted molar refractivity (Wildman–Crippen MR) is 106 cm³/mol. The Labute approximate surface area is 156 Å². The Morgan fingerprint density at radius 3 is 3.04 bits per heavy atom. The lowest BCUT2D eigenvalue weighted by Gasteiger charge is -2.20. The highest BCUT2D eigenvalue weighted by Gasteiger charge is 2.29. The van der Waals surface area contributed by atoms with Gasteiger partial charge in [-0.25, -0.2) is 14.8 Å². The maximum absolute atomic E-state index is 11.3. The van der Waals surface area contributed by atoms with Gasteiger partial charge in [-0.2, -0.15) is 0 Å². The fourth-order valence-corrected chi connectivity index (χ4v) is 3.10. The van der Waals surface area contributed by atoms with E-state index in [0.717, 1.165) is 28.4 Å². The van der Waals surface area contributed by atoms with Crippen LogP contribution in [-0.4, -0.2) is 35.2 Å². The highest BCUT2D eigenvalue weighted by atomic mass is 16.5. The van der Waals surface area contributed by atoms with Gasteiger partial charge in [0.2, 0.25) is 5.95 Å². The van der Waals surface area contributed by atoms with Crippen molar-refractivity contribution in [3.8, 4) is 0 Å². The van der Waals surface area contributed by atoms with Crippen molar-refractivity contribution in [1.29, 1.82) is 0 Å². The van der Waals surface area contributed by atoms with Gasteiger partial charge in [0.1, 0.15) is 6.17 Å². The van der Waals surface area contributed by atoms with Crippen molar-refractivity contribution in [2.24, 2.45) is 4.99 Å². The number of anilines is 3. The van der Waals surface area contributed by atoms with Crippen LogP contribution in [0.4, 0.5) is 27.8 Å². The number of alkyl carbamates (subject to hydrolysis) is 1. The molecule has 0 saturated carbocycles. The molecule has 0 spiro atoms. The number of nitrogens with zero attached hydrogens (tertiary/aromatic N) is 3. The average molecular weight is 364 g/mol. The van der Waals surface area contributed by atoms with E-state index in [0.29, 0.717) is 12.3 Å². The number of imidazole rings is 1. The van der Waals surface area contributed by atoms with Crippen LogP contribution in [0.1, 0.15) is 13.8 Å². The second kappa shape index (κ2) is 6.99. The molecule has 0 aliphatic carbocycles. The number of amides is 1. The third kappa shape index (κ3) is 3.29. The molecule has 8 nitrogen and oxygen atoms in total. The summed E-state index contributed by atoms with van der Waals surface area (Å²) in [6.45, 7) is 4.13. The van der Waals surface area contributed by atoms with Gasteiger partial charge in [-0.05, 0) is 44.2 Å². The van der Waals surface area contributed by atoms with Crippen LogP contribution in [0.2, 0.25) is 0 Å². The van der Waals surface area contributed by atoms with Crippen molar-refractivity contribution >= 4 is 46.5 Å². The van der Waals surface area contributed by atoms with E-state index < -0.39 is 6.09 Å². The Hall–Kier alpha value is -3.55. The van der Waals surface area contributed by atoms with Crippen molar-refractivity contribution in [2.75, 3.05) is 16.8 Å². The van der Waals surface area contributed by atoms with Crippen molar-refractivity contribution in [1.82, 2.24) is 15.3 Å². The number of hydrogen-bond acceptors (Lipinski definition) is 6. The number of rotatable bonds is 4. The molecule has 0 radical (unpaired) electrons. The number of carbonyl (C=O) groups is 1. The maximum Gasteiger partial charge on any atom is 0.412 e. The molecule has 2 heterocycles. The molecule has 138 valence electrons. The summed E-state index contributed by atoms with van der Waals surface area (Å²) in [6.07, 6.45) is 0.843. The van der Waals surface area contributed by atoms with Crippen LogP contribution >= 0.6 is 0 Å². The van der Waals surface area contributed by atoms with Crippen LogP contribution in [0.3, 0.4) is 0 Å². The number of carbonyl (C=O) groups excluding carboxylic acids is 1. The Morgan fingerprint density at radius 1 is 1.37 bits per heavy atom. The highest BCUT2D eigenvalue weighted by molar-refractivity contribution is 5.87. The van der Waals surface area contributed by atoms with Gasteiger partial charge in [-0.1, -0.05) is 12.1 Å². The molecule has 1 aliphatic heterocycles. The molecule has 1 amide bonds. The minimum absolute atomic E-state index is 0.0393. The molecular formula is C19H20N6O2. The van der Waals surface area contributed by atoms with Gasteiger partial charge in [0.15, 0.2) is 0 Å². The number of hydrogen-bond donors (Lipinski definition) is 3. The van der Waals surface area contributed by atoms with Crippen molar-refractivity contribution in [2.45, 2.75) is 20.0 Å². The number of fused-ring (bicyclic) bond motifs is 2. The monoisotopic (exact) mass is 364 g/mol. The molecule has 27 heavy (non-hydrogen) atoms. The number of nitrogens with one attached hydrogen (secondary N) is 3. The van der Waals surface area contributed by atoms with E-state index in [1.165, 1.54) is 6.34 Å². The molecular weight excluding hydrogens is 344 g/mol. The largest absolute Gasteiger partial charge is 0.450 e. The lowest BCUT2D eigenvalue weighted by Crippen LogP contribution is -2.29. The van der Waals surface area contributed by atoms with Gasteiger partial charge in [0, 0.05) is 0 Å². The minimum atomic E-state index is -0.526. The van der Waals surface area contributed by atoms with E-state index >= 15 is 0 Å². The SMILES string of the molecule is CCOC(=O)NC=Nc1ccc2c(c1)N(c1nc3ccccc3[nH]1)C(C)N2. The van der Waals surface area contributed by atoms with E-state index in [1.807, 2.05) is 42.5 Å². The molecule has 1 atom stereocenters. The molecule has 3 aromatic rings. The Kier molecular flexibility index (Phi) is 4.37. The third-order valence-corrected chi connectivity index (χ3v) is 4.27. The van der Waals surface area contributed by atoms with Crippen molar-refractivity contribution in [3.05, 3.63) is 42.5 Å². The lowest BCUT2D eigenvalue weighted by molar-refractivity contribution is 0.158. The second-order valence-electron chi connectivity index (χ2n) is 6.09. The standard InChI is InChI=1S/C19H20N6O2/c1-3-27-19(26)21-11-20-13-8-9-16-17(10-13)25(12(2)22-16)18-23-14-6-4-5-7-15(14)24-18/h4-12,22H,3H2,1-2H3,(H,23,24)(H,20,21,26). The van der Waals surface area contributed by atoms with Crippen molar-refractivity contribution in [3.63, 3.8) is 0 Å². The Balaban J connectivity index is 1.62. The third-order valence-electron chi connectivity index (χ3n) is 4.27. The topological polar surface area (TPSA) is 94.6 Å². The molecule has 1 unspecified atom stereocenters.